The van der Waals surface area contributed by atoms with Gasteiger partial charge in [0.2, 0.25) is 5.65 Å². The second-order valence-electron chi connectivity index (χ2n) is 4.93. The van der Waals surface area contributed by atoms with Gasteiger partial charge in [0.15, 0.2) is 5.16 Å². The fraction of sp³-hybridized carbons (Fsp3) is 0.267. The highest BCUT2D eigenvalue weighted by Crippen LogP contribution is 2.19. The maximum absolute atomic E-state index is 12.6. The smallest absolute Gasteiger partial charge is 0.280 e. The number of hydrogen-bond donors (Lipinski definition) is 0. The van der Waals surface area contributed by atoms with E-state index in [0.29, 0.717) is 10.7 Å². The zero-order valence-corrected chi connectivity index (χ0v) is 13.9. The molecule has 0 radical (unpaired) electrons. The maximum Gasteiger partial charge on any atom is 0.300 e. The van der Waals surface area contributed by atoms with Crippen LogP contribution in [0.25, 0.3) is 11.3 Å². The first-order valence-electron chi connectivity index (χ1n) is 6.97. The predicted octanol–water partition coefficient (Wildman–Crippen LogP) is 3.34. The summed E-state index contributed by atoms with van der Waals surface area (Å²) in [4.78, 5) is 12.6. The third-order valence-electron chi connectivity index (χ3n) is 3.29. The molecule has 0 N–H and O–H groups in total. The SMILES string of the molecule is CCCSc1nnc2c(=O)n(-c3ccc(Cl)c(C)c3)ccn12. The molecule has 2 aromatic heterocycles. The molecule has 0 saturated heterocycles. The molecule has 0 unspecified atom stereocenters. The van der Waals surface area contributed by atoms with E-state index >= 15 is 0 Å². The van der Waals surface area contributed by atoms with Gasteiger partial charge >= 0.3 is 5.56 Å². The number of aromatic nitrogens is 4. The third-order valence-corrected chi connectivity index (χ3v) is 4.87. The first-order valence-corrected chi connectivity index (χ1v) is 8.34. The lowest BCUT2D eigenvalue weighted by Gasteiger charge is -2.08. The predicted molar refractivity (Wildman–Crippen MR) is 89.3 cm³/mol. The van der Waals surface area contributed by atoms with Gasteiger partial charge in [-0.1, -0.05) is 30.3 Å². The van der Waals surface area contributed by atoms with Crippen molar-refractivity contribution >= 4 is 29.0 Å². The van der Waals surface area contributed by atoms with E-state index in [4.69, 9.17) is 11.6 Å². The van der Waals surface area contributed by atoms with E-state index in [2.05, 4.69) is 17.1 Å². The van der Waals surface area contributed by atoms with E-state index in [1.807, 2.05) is 25.3 Å². The topological polar surface area (TPSA) is 52.2 Å². The lowest BCUT2D eigenvalue weighted by molar-refractivity contribution is 0.891. The van der Waals surface area contributed by atoms with E-state index in [1.165, 1.54) is 0 Å². The molecule has 0 fully saturated rings. The van der Waals surface area contributed by atoms with E-state index < -0.39 is 0 Å². The van der Waals surface area contributed by atoms with Gasteiger partial charge in [-0.25, -0.2) is 0 Å². The normalized spacial score (nSPS) is 11.2. The van der Waals surface area contributed by atoms with Crippen molar-refractivity contribution in [1.29, 1.82) is 0 Å². The van der Waals surface area contributed by atoms with Crippen LogP contribution in [-0.2, 0) is 0 Å². The van der Waals surface area contributed by atoms with Crippen LogP contribution in [0.4, 0.5) is 0 Å². The van der Waals surface area contributed by atoms with E-state index in [1.54, 1.807) is 33.0 Å². The average Bonchev–Trinajstić information content (AvgIpc) is 2.92. The molecule has 7 heteroatoms. The van der Waals surface area contributed by atoms with Crippen LogP contribution in [0.15, 0.2) is 40.5 Å². The molecule has 2 heterocycles. The zero-order valence-electron chi connectivity index (χ0n) is 12.3. The van der Waals surface area contributed by atoms with Crippen LogP contribution in [-0.4, -0.2) is 24.9 Å². The van der Waals surface area contributed by atoms with Crippen LogP contribution in [0.1, 0.15) is 18.9 Å². The summed E-state index contributed by atoms with van der Waals surface area (Å²) in [7, 11) is 0. The average molecular weight is 335 g/mol. The Morgan fingerprint density at radius 3 is 2.82 bits per heavy atom. The summed E-state index contributed by atoms with van der Waals surface area (Å²) in [5.41, 5.74) is 1.82. The summed E-state index contributed by atoms with van der Waals surface area (Å²) in [6.45, 7) is 4.01. The number of thioether (sulfide) groups is 1. The Balaban J connectivity index is 2.10. The van der Waals surface area contributed by atoms with Crippen LogP contribution in [0.5, 0.6) is 0 Å². The van der Waals surface area contributed by atoms with Crippen LogP contribution in [0.2, 0.25) is 5.02 Å². The van der Waals surface area contributed by atoms with E-state index in [9.17, 15) is 4.79 Å². The van der Waals surface area contributed by atoms with Gasteiger partial charge in [-0.05, 0) is 37.1 Å². The number of aryl methyl sites for hydroxylation is 1. The fourth-order valence-electron chi connectivity index (χ4n) is 2.14. The molecule has 0 spiro atoms. The highest BCUT2D eigenvalue weighted by atomic mass is 35.5. The van der Waals surface area contributed by atoms with Gasteiger partial charge in [-0.3, -0.25) is 13.8 Å². The summed E-state index contributed by atoms with van der Waals surface area (Å²) < 4.78 is 3.30. The van der Waals surface area contributed by atoms with E-state index in [0.717, 1.165) is 28.6 Å². The molecule has 3 aromatic rings. The fourth-order valence-corrected chi connectivity index (χ4v) is 3.03. The molecule has 0 saturated carbocycles. The van der Waals surface area contributed by atoms with Crippen molar-refractivity contribution in [2.45, 2.75) is 25.4 Å². The Bertz CT molecular complexity index is 887. The van der Waals surface area contributed by atoms with Crippen LogP contribution >= 0.6 is 23.4 Å². The lowest BCUT2D eigenvalue weighted by Crippen LogP contribution is -2.20. The Hall–Kier alpha value is -1.79. The van der Waals surface area contributed by atoms with Crippen molar-refractivity contribution in [3.8, 4) is 5.69 Å². The molecule has 1 aromatic carbocycles. The summed E-state index contributed by atoms with van der Waals surface area (Å²) in [6.07, 6.45) is 4.59. The van der Waals surface area contributed by atoms with Gasteiger partial charge in [0.05, 0.1) is 0 Å². The molecule has 0 aliphatic carbocycles. The van der Waals surface area contributed by atoms with Crippen LogP contribution in [0, 0.1) is 6.92 Å². The number of nitrogens with zero attached hydrogens (tertiary/aromatic N) is 4. The van der Waals surface area contributed by atoms with Gasteiger partial charge in [0, 0.05) is 28.9 Å². The van der Waals surface area contributed by atoms with Crippen molar-refractivity contribution in [2.24, 2.45) is 0 Å². The molecular formula is C15H15ClN4OS. The number of halogens is 1. The highest BCUT2D eigenvalue weighted by Gasteiger charge is 2.12. The zero-order chi connectivity index (χ0) is 15.7. The second-order valence-corrected chi connectivity index (χ2v) is 6.40. The monoisotopic (exact) mass is 334 g/mol. The molecule has 114 valence electrons. The minimum Gasteiger partial charge on any atom is -0.280 e. The molecule has 0 bridgehead atoms. The highest BCUT2D eigenvalue weighted by molar-refractivity contribution is 7.99. The second kappa shape index (κ2) is 6.14. The van der Waals surface area contributed by atoms with Gasteiger partial charge in [0.1, 0.15) is 0 Å². The Morgan fingerprint density at radius 2 is 2.09 bits per heavy atom. The largest absolute Gasteiger partial charge is 0.300 e. The first-order chi connectivity index (χ1) is 10.6. The molecule has 0 atom stereocenters. The molecule has 0 aliphatic rings. The van der Waals surface area contributed by atoms with Gasteiger partial charge < -0.3 is 0 Å². The van der Waals surface area contributed by atoms with Gasteiger partial charge in [0.25, 0.3) is 0 Å². The molecule has 22 heavy (non-hydrogen) atoms. The number of benzene rings is 1. The summed E-state index contributed by atoms with van der Waals surface area (Å²) in [5.74, 6) is 0.945. The first kappa shape index (κ1) is 15.1. The van der Waals surface area contributed by atoms with Crippen molar-refractivity contribution in [3.63, 3.8) is 0 Å². The summed E-state index contributed by atoms with van der Waals surface area (Å²) in [5, 5.41) is 9.55. The third kappa shape index (κ3) is 2.64. The maximum atomic E-state index is 12.6. The van der Waals surface area contributed by atoms with Crippen LogP contribution < -0.4 is 5.56 Å². The molecule has 0 amide bonds. The number of fused-ring (bicyclic) bond motifs is 1. The van der Waals surface area contributed by atoms with Crippen LogP contribution in [0.3, 0.4) is 0 Å². The minimum absolute atomic E-state index is 0.194. The quantitative estimate of drug-likeness (QED) is 0.687. The van der Waals surface area contributed by atoms with Crippen molar-refractivity contribution < 1.29 is 0 Å². The Labute approximate surface area is 136 Å². The summed E-state index contributed by atoms with van der Waals surface area (Å²) in [6, 6.07) is 5.48. The number of rotatable bonds is 4. The van der Waals surface area contributed by atoms with Crippen molar-refractivity contribution in [2.75, 3.05) is 5.75 Å². The molecule has 0 aliphatic heterocycles. The molecule has 5 nitrogen and oxygen atoms in total. The Morgan fingerprint density at radius 1 is 1.27 bits per heavy atom. The van der Waals surface area contributed by atoms with Gasteiger partial charge in [-0.15, -0.1) is 10.2 Å². The standard InChI is InChI=1S/C15H15ClN4OS/c1-3-8-22-15-18-17-13-14(21)19(6-7-20(13)15)11-4-5-12(16)10(2)9-11/h4-7,9H,3,8H2,1-2H3. The number of hydrogen-bond acceptors (Lipinski definition) is 4. The van der Waals surface area contributed by atoms with E-state index in [-0.39, 0.29) is 5.56 Å². The molecule has 3 rings (SSSR count). The summed E-state index contributed by atoms with van der Waals surface area (Å²) >= 11 is 7.63. The van der Waals surface area contributed by atoms with Crippen molar-refractivity contribution in [3.05, 3.63) is 51.5 Å². The van der Waals surface area contributed by atoms with Crippen molar-refractivity contribution in [1.82, 2.24) is 19.2 Å². The molecular weight excluding hydrogens is 320 g/mol. The minimum atomic E-state index is -0.194. The lowest BCUT2D eigenvalue weighted by atomic mass is 10.2. The van der Waals surface area contributed by atoms with Gasteiger partial charge in [-0.2, -0.15) is 0 Å². The Kier molecular flexibility index (Phi) is 4.22.